The lowest BCUT2D eigenvalue weighted by atomic mass is 10.2. The number of rotatable bonds is 6. The molecule has 0 aliphatic rings. The topological polar surface area (TPSA) is 111 Å². The van der Waals surface area contributed by atoms with Gasteiger partial charge in [-0.2, -0.15) is 8.42 Å². The Balaban J connectivity index is 2.69. The van der Waals surface area contributed by atoms with Crippen molar-refractivity contribution in [2.45, 2.75) is 24.7 Å². The Labute approximate surface area is 114 Å². The number of nitrogens with zero attached hydrogens (tertiary/aromatic N) is 1. The Hall–Kier alpha value is -1.60. The molecule has 0 radical (unpaired) electrons. The zero-order chi connectivity index (χ0) is 14.3. The third kappa shape index (κ3) is 5.27. The van der Waals surface area contributed by atoms with Crippen molar-refractivity contribution in [3.8, 4) is 0 Å². The zero-order valence-corrected chi connectivity index (χ0v) is 11.8. The van der Waals surface area contributed by atoms with Crippen LogP contribution in [-0.4, -0.2) is 27.5 Å². The van der Waals surface area contributed by atoms with Gasteiger partial charge in [-0.1, -0.05) is 17.7 Å². The Morgan fingerprint density at radius 2 is 1.89 bits per heavy atom. The molecule has 7 heteroatoms. The number of nitrogens with two attached hydrogens (primary N) is 2. The summed E-state index contributed by atoms with van der Waals surface area (Å²) in [5.41, 5.74) is 11.9. The number of aryl methyl sites for hydroxylation is 1. The van der Waals surface area contributed by atoms with Crippen molar-refractivity contribution in [1.82, 2.24) is 5.32 Å². The first-order valence-corrected chi connectivity index (χ1v) is 7.51. The summed E-state index contributed by atoms with van der Waals surface area (Å²) in [7, 11) is -3.74. The van der Waals surface area contributed by atoms with Crippen LogP contribution in [0.25, 0.3) is 0 Å². The lowest BCUT2D eigenvalue weighted by Gasteiger charge is -2.05. The maximum absolute atomic E-state index is 11.9. The highest BCUT2D eigenvalue weighted by molar-refractivity contribution is 7.90. The Morgan fingerprint density at radius 1 is 1.26 bits per heavy atom. The minimum atomic E-state index is -3.74. The highest BCUT2D eigenvalue weighted by atomic mass is 32.2. The van der Waals surface area contributed by atoms with Crippen LogP contribution in [0.1, 0.15) is 18.4 Å². The molecule has 1 aromatic rings. The van der Waals surface area contributed by atoms with Gasteiger partial charge in [0.25, 0.3) is 10.0 Å². The molecule has 1 rings (SSSR count). The maximum Gasteiger partial charge on any atom is 0.285 e. The highest BCUT2D eigenvalue weighted by Gasteiger charge is 2.12. The minimum Gasteiger partial charge on any atom is -0.369 e. The van der Waals surface area contributed by atoms with Crippen LogP contribution in [0, 0.1) is 6.92 Å². The van der Waals surface area contributed by atoms with E-state index in [0.717, 1.165) is 18.4 Å². The fraction of sp³-hybridized carbons (Fsp3) is 0.417. The second kappa shape index (κ2) is 7.10. The van der Waals surface area contributed by atoms with Crippen molar-refractivity contribution < 1.29 is 8.42 Å². The summed E-state index contributed by atoms with van der Waals surface area (Å²) in [5, 5.41) is 2.75. The Bertz CT molecular complexity index is 523. The molecular formula is C12H20N4O2S. The number of nitrogens with one attached hydrogen (secondary N) is 1. The first-order valence-electron chi connectivity index (χ1n) is 6.07. The summed E-state index contributed by atoms with van der Waals surface area (Å²) in [6, 6.07) is 6.45. The summed E-state index contributed by atoms with van der Waals surface area (Å²) in [6.45, 7) is 3.03. The number of sulfonamides is 1. The number of benzene rings is 1. The quantitative estimate of drug-likeness (QED) is 0.396. The van der Waals surface area contributed by atoms with Crippen LogP contribution in [-0.2, 0) is 10.0 Å². The predicted octanol–water partition coefficient (Wildman–Crippen LogP) is 0.327. The summed E-state index contributed by atoms with van der Waals surface area (Å²) in [5.74, 6) is -0.0994. The molecule has 0 saturated heterocycles. The second-order valence-electron chi connectivity index (χ2n) is 4.19. The lowest BCUT2D eigenvalue weighted by Crippen LogP contribution is -2.33. The molecule has 106 valence electrons. The van der Waals surface area contributed by atoms with Crippen LogP contribution in [0.5, 0.6) is 0 Å². The summed E-state index contributed by atoms with van der Waals surface area (Å²) < 4.78 is 27.4. The Morgan fingerprint density at radius 3 is 2.47 bits per heavy atom. The first kappa shape index (κ1) is 15.5. The fourth-order valence-electron chi connectivity index (χ4n) is 1.41. The molecule has 1 aromatic carbocycles. The third-order valence-corrected chi connectivity index (χ3v) is 3.78. The number of hydrogen-bond acceptors (Lipinski definition) is 3. The molecule has 0 heterocycles. The van der Waals surface area contributed by atoms with Gasteiger partial charge in [-0.15, -0.1) is 4.40 Å². The monoisotopic (exact) mass is 284 g/mol. The van der Waals surface area contributed by atoms with E-state index in [1.807, 2.05) is 6.92 Å². The average molecular weight is 284 g/mol. The van der Waals surface area contributed by atoms with E-state index in [2.05, 4.69) is 9.71 Å². The van der Waals surface area contributed by atoms with Crippen LogP contribution in [0.3, 0.4) is 0 Å². The van der Waals surface area contributed by atoms with E-state index < -0.39 is 10.0 Å². The average Bonchev–Trinajstić information content (AvgIpc) is 2.34. The van der Waals surface area contributed by atoms with Crippen molar-refractivity contribution in [3.63, 3.8) is 0 Å². The van der Waals surface area contributed by atoms with Gasteiger partial charge in [-0.3, -0.25) is 0 Å². The van der Waals surface area contributed by atoms with Crippen molar-refractivity contribution in [2.24, 2.45) is 15.9 Å². The number of unbranched alkanes of at least 4 members (excludes halogenated alkanes) is 1. The second-order valence-corrected chi connectivity index (χ2v) is 5.79. The molecule has 0 amide bonds. The molecule has 0 unspecified atom stereocenters. The molecule has 0 aliphatic carbocycles. The maximum atomic E-state index is 11.9. The molecule has 0 aliphatic heterocycles. The van der Waals surface area contributed by atoms with Gasteiger partial charge in [-0.05, 0) is 38.4 Å². The normalized spacial score (nSPS) is 12.4. The summed E-state index contributed by atoms with van der Waals surface area (Å²) >= 11 is 0. The van der Waals surface area contributed by atoms with Gasteiger partial charge in [0.1, 0.15) is 0 Å². The molecule has 0 fully saturated rings. The molecular weight excluding hydrogens is 264 g/mol. The molecule has 5 N–H and O–H groups in total. The lowest BCUT2D eigenvalue weighted by molar-refractivity contribution is 0.597. The van der Waals surface area contributed by atoms with E-state index in [4.69, 9.17) is 11.5 Å². The fourth-order valence-corrected chi connectivity index (χ4v) is 2.32. The van der Waals surface area contributed by atoms with E-state index in [-0.39, 0.29) is 10.9 Å². The van der Waals surface area contributed by atoms with Crippen molar-refractivity contribution in [2.75, 3.05) is 13.1 Å². The van der Waals surface area contributed by atoms with Gasteiger partial charge < -0.3 is 16.8 Å². The van der Waals surface area contributed by atoms with E-state index >= 15 is 0 Å². The zero-order valence-electron chi connectivity index (χ0n) is 11.0. The highest BCUT2D eigenvalue weighted by Crippen LogP contribution is 2.12. The number of guanidine groups is 1. The van der Waals surface area contributed by atoms with E-state index in [9.17, 15) is 8.42 Å². The van der Waals surface area contributed by atoms with Crippen LogP contribution >= 0.6 is 0 Å². The smallest absolute Gasteiger partial charge is 0.285 e. The van der Waals surface area contributed by atoms with Gasteiger partial charge in [-0.25, -0.2) is 0 Å². The molecule has 0 aromatic heterocycles. The SMILES string of the molecule is Cc1ccc(S(=O)(=O)N=C(N)NCCCCN)cc1. The van der Waals surface area contributed by atoms with Gasteiger partial charge in [0.05, 0.1) is 4.90 Å². The largest absolute Gasteiger partial charge is 0.369 e. The van der Waals surface area contributed by atoms with E-state index in [0.29, 0.717) is 13.1 Å². The van der Waals surface area contributed by atoms with Gasteiger partial charge >= 0.3 is 0 Å². The minimum absolute atomic E-state index is 0.0994. The molecule has 19 heavy (non-hydrogen) atoms. The molecule has 6 nitrogen and oxygen atoms in total. The van der Waals surface area contributed by atoms with Crippen LogP contribution < -0.4 is 16.8 Å². The first-order chi connectivity index (χ1) is 8.95. The molecule has 0 bridgehead atoms. The Kier molecular flexibility index (Phi) is 5.78. The van der Waals surface area contributed by atoms with Crippen molar-refractivity contribution >= 4 is 16.0 Å². The van der Waals surface area contributed by atoms with E-state index in [1.165, 1.54) is 12.1 Å². The van der Waals surface area contributed by atoms with Crippen LogP contribution in [0.4, 0.5) is 0 Å². The van der Waals surface area contributed by atoms with Crippen molar-refractivity contribution in [1.29, 1.82) is 0 Å². The van der Waals surface area contributed by atoms with Gasteiger partial charge in [0, 0.05) is 6.54 Å². The predicted molar refractivity (Wildman–Crippen MR) is 76.3 cm³/mol. The molecule has 0 saturated carbocycles. The summed E-state index contributed by atoms with van der Waals surface area (Å²) in [4.78, 5) is 0.129. The molecule has 0 spiro atoms. The number of hydrogen-bond donors (Lipinski definition) is 3. The van der Waals surface area contributed by atoms with Gasteiger partial charge in [0.2, 0.25) is 5.96 Å². The van der Waals surface area contributed by atoms with Crippen LogP contribution in [0.15, 0.2) is 33.6 Å². The standard InChI is InChI=1S/C12H20N4O2S/c1-10-4-6-11(7-5-10)19(17,18)16-12(14)15-9-3-2-8-13/h4-7H,2-3,8-9,13H2,1H3,(H3,14,15,16). The van der Waals surface area contributed by atoms with Gasteiger partial charge in [0.15, 0.2) is 0 Å². The van der Waals surface area contributed by atoms with E-state index in [1.54, 1.807) is 12.1 Å². The third-order valence-electron chi connectivity index (χ3n) is 2.47. The summed E-state index contributed by atoms with van der Waals surface area (Å²) in [6.07, 6.45) is 1.67. The molecule has 0 atom stereocenters. The van der Waals surface area contributed by atoms with Crippen LogP contribution in [0.2, 0.25) is 0 Å². The van der Waals surface area contributed by atoms with Crippen molar-refractivity contribution in [3.05, 3.63) is 29.8 Å².